The van der Waals surface area contributed by atoms with Crippen molar-refractivity contribution in [2.24, 2.45) is 5.41 Å². The summed E-state index contributed by atoms with van der Waals surface area (Å²) in [5, 5.41) is 0. The SMILES string of the molecule is CCCC(C)(C)CCOCC. The maximum absolute atomic E-state index is 5.32. The molecule has 0 unspecified atom stereocenters. The molecule has 0 aliphatic carbocycles. The van der Waals surface area contributed by atoms with Gasteiger partial charge in [0.15, 0.2) is 0 Å². The Morgan fingerprint density at radius 3 is 2.18 bits per heavy atom. The summed E-state index contributed by atoms with van der Waals surface area (Å²) in [5.74, 6) is 0. The monoisotopic (exact) mass is 158 g/mol. The second-order valence-corrected chi connectivity index (χ2v) is 3.86. The van der Waals surface area contributed by atoms with E-state index in [4.69, 9.17) is 4.74 Å². The van der Waals surface area contributed by atoms with Crippen molar-refractivity contribution in [2.75, 3.05) is 13.2 Å². The Labute approximate surface area is 71.1 Å². The van der Waals surface area contributed by atoms with E-state index in [9.17, 15) is 0 Å². The average molecular weight is 158 g/mol. The van der Waals surface area contributed by atoms with Gasteiger partial charge in [-0.1, -0.05) is 27.2 Å². The van der Waals surface area contributed by atoms with E-state index in [0.717, 1.165) is 13.2 Å². The first-order valence-electron chi connectivity index (χ1n) is 4.70. The molecule has 0 radical (unpaired) electrons. The maximum atomic E-state index is 5.32. The van der Waals surface area contributed by atoms with Gasteiger partial charge in [-0.25, -0.2) is 0 Å². The van der Waals surface area contributed by atoms with E-state index in [2.05, 4.69) is 20.8 Å². The smallest absolute Gasteiger partial charge is 0.0470 e. The summed E-state index contributed by atoms with van der Waals surface area (Å²) >= 11 is 0. The zero-order valence-electron chi connectivity index (χ0n) is 8.44. The maximum Gasteiger partial charge on any atom is 0.0470 e. The van der Waals surface area contributed by atoms with Gasteiger partial charge in [-0.3, -0.25) is 0 Å². The minimum absolute atomic E-state index is 0.476. The molecule has 0 fully saturated rings. The molecule has 0 bridgehead atoms. The van der Waals surface area contributed by atoms with Crippen LogP contribution in [0.5, 0.6) is 0 Å². The molecule has 0 saturated heterocycles. The Kier molecular flexibility index (Phi) is 5.57. The lowest BCUT2D eigenvalue weighted by Gasteiger charge is -2.23. The van der Waals surface area contributed by atoms with E-state index in [0.29, 0.717) is 5.41 Å². The van der Waals surface area contributed by atoms with E-state index in [1.54, 1.807) is 0 Å². The molecule has 0 aromatic rings. The molecule has 0 amide bonds. The lowest BCUT2D eigenvalue weighted by Crippen LogP contribution is -2.14. The van der Waals surface area contributed by atoms with Crippen LogP contribution >= 0.6 is 0 Å². The summed E-state index contributed by atoms with van der Waals surface area (Å²) in [6.07, 6.45) is 3.77. The number of rotatable bonds is 6. The lowest BCUT2D eigenvalue weighted by atomic mass is 9.85. The van der Waals surface area contributed by atoms with Crippen molar-refractivity contribution in [1.29, 1.82) is 0 Å². The molecule has 68 valence electrons. The summed E-state index contributed by atoms with van der Waals surface area (Å²) in [7, 11) is 0. The van der Waals surface area contributed by atoms with Crippen LogP contribution in [0.1, 0.15) is 47.0 Å². The lowest BCUT2D eigenvalue weighted by molar-refractivity contribution is 0.111. The van der Waals surface area contributed by atoms with Gasteiger partial charge in [0, 0.05) is 13.2 Å². The zero-order valence-corrected chi connectivity index (χ0v) is 8.44. The molecule has 0 N–H and O–H groups in total. The predicted octanol–water partition coefficient (Wildman–Crippen LogP) is 3.24. The van der Waals surface area contributed by atoms with Gasteiger partial charge in [-0.05, 0) is 25.2 Å². The molecule has 0 atom stereocenters. The summed E-state index contributed by atoms with van der Waals surface area (Å²) in [6, 6.07) is 0. The molecule has 1 nitrogen and oxygen atoms in total. The Hall–Kier alpha value is -0.0400. The van der Waals surface area contributed by atoms with Crippen LogP contribution in [0.15, 0.2) is 0 Å². The summed E-state index contributed by atoms with van der Waals surface area (Å²) in [6.45, 7) is 10.7. The van der Waals surface area contributed by atoms with E-state index >= 15 is 0 Å². The van der Waals surface area contributed by atoms with Crippen LogP contribution in [0.3, 0.4) is 0 Å². The van der Waals surface area contributed by atoms with Crippen molar-refractivity contribution in [3.05, 3.63) is 0 Å². The fourth-order valence-corrected chi connectivity index (χ4v) is 1.29. The van der Waals surface area contributed by atoms with Crippen molar-refractivity contribution < 1.29 is 4.74 Å². The first kappa shape index (κ1) is 11.0. The van der Waals surface area contributed by atoms with Crippen molar-refractivity contribution in [1.82, 2.24) is 0 Å². The Balaban J connectivity index is 3.38. The Morgan fingerprint density at radius 1 is 1.09 bits per heavy atom. The van der Waals surface area contributed by atoms with Crippen molar-refractivity contribution in [3.8, 4) is 0 Å². The van der Waals surface area contributed by atoms with Crippen molar-refractivity contribution >= 4 is 0 Å². The molecular formula is C10H22O. The van der Waals surface area contributed by atoms with Crippen LogP contribution in [-0.4, -0.2) is 13.2 Å². The molecule has 0 rings (SSSR count). The van der Waals surface area contributed by atoms with Gasteiger partial charge in [0.1, 0.15) is 0 Å². The van der Waals surface area contributed by atoms with E-state index in [1.807, 2.05) is 6.92 Å². The van der Waals surface area contributed by atoms with Gasteiger partial charge >= 0.3 is 0 Å². The Bertz CT molecular complexity index is 86.9. The fraction of sp³-hybridized carbons (Fsp3) is 1.00. The second-order valence-electron chi connectivity index (χ2n) is 3.86. The van der Waals surface area contributed by atoms with Crippen molar-refractivity contribution in [2.45, 2.75) is 47.0 Å². The molecule has 0 saturated carbocycles. The van der Waals surface area contributed by atoms with Crippen LogP contribution < -0.4 is 0 Å². The first-order valence-corrected chi connectivity index (χ1v) is 4.70. The van der Waals surface area contributed by atoms with E-state index in [-0.39, 0.29) is 0 Å². The highest BCUT2D eigenvalue weighted by molar-refractivity contribution is 4.66. The van der Waals surface area contributed by atoms with Crippen LogP contribution in [0, 0.1) is 5.41 Å². The minimum Gasteiger partial charge on any atom is -0.382 e. The molecule has 0 aromatic carbocycles. The molecule has 11 heavy (non-hydrogen) atoms. The van der Waals surface area contributed by atoms with Crippen LogP contribution in [-0.2, 0) is 4.74 Å². The second kappa shape index (κ2) is 5.59. The van der Waals surface area contributed by atoms with E-state index in [1.165, 1.54) is 19.3 Å². The van der Waals surface area contributed by atoms with Crippen LogP contribution in [0.4, 0.5) is 0 Å². The van der Waals surface area contributed by atoms with Gasteiger partial charge in [-0.15, -0.1) is 0 Å². The third kappa shape index (κ3) is 6.36. The third-order valence-corrected chi connectivity index (χ3v) is 2.05. The third-order valence-electron chi connectivity index (χ3n) is 2.05. The van der Waals surface area contributed by atoms with Crippen LogP contribution in [0.25, 0.3) is 0 Å². The predicted molar refractivity (Wildman–Crippen MR) is 49.8 cm³/mol. The number of ether oxygens (including phenoxy) is 1. The van der Waals surface area contributed by atoms with Gasteiger partial charge in [0.05, 0.1) is 0 Å². The van der Waals surface area contributed by atoms with Gasteiger partial charge < -0.3 is 4.74 Å². The molecule has 0 aliphatic heterocycles. The normalized spacial score (nSPS) is 12.0. The minimum atomic E-state index is 0.476. The Morgan fingerprint density at radius 2 is 1.73 bits per heavy atom. The highest BCUT2D eigenvalue weighted by Gasteiger charge is 2.15. The van der Waals surface area contributed by atoms with Gasteiger partial charge in [0.2, 0.25) is 0 Å². The fourth-order valence-electron chi connectivity index (χ4n) is 1.29. The quantitative estimate of drug-likeness (QED) is 0.539. The highest BCUT2D eigenvalue weighted by Crippen LogP contribution is 2.26. The van der Waals surface area contributed by atoms with Gasteiger partial charge in [0.25, 0.3) is 0 Å². The zero-order chi connectivity index (χ0) is 8.74. The number of hydrogen-bond acceptors (Lipinski definition) is 1. The molecule has 0 aliphatic rings. The molecular weight excluding hydrogens is 136 g/mol. The first-order chi connectivity index (χ1) is 5.12. The summed E-state index contributed by atoms with van der Waals surface area (Å²) in [4.78, 5) is 0. The van der Waals surface area contributed by atoms with Gasteiger partial charge in [-0.2, -0.15) is 0 Å². The molecule has 1 heteroatoms. The largest absolute Gasteiger partial charge is 0.382 e. The highest BCUT2D eigenvalue weighted by atomic mass is 16.5. The van der Waals surface area contributed by atoms with E-state index < -0.39 is 0 Å². The van der Waals surface area contributed by atoms with Crippen molar-refractivity contribution in [3.63, 3.8) is 0 Å². The standard InChI is InChI=1S/C10H22O/c1-5-7-10(3,4)8-9-11-6-2/h5-9H2,1-4H3. The summed E-state index contributed by atoms with van der Waals surface area (Å²) in [5.41, 5.74) is 0.476. The van der Waals surface area contributed by atoms with Crippen LogP contribution in [0.2, 0.25) is 0 Å². The molecule has 0 heterocycles. The molecule has 0 spiro atoms. The average Bonchev–Trinajstić information content (AvgIpc) is 1.87. The molecule has 0 aromatic heterocycles. The number of hydrogen-bond donors (Lipinski definition) is 0. The summed E-state index contributed by atoms with van der Waals surface area (Å²) < 4.78 is 5.32. The topological polar surface area (TPSA) is 9.23 Å².